The van der Waals surface area contributed by atoms with Crippen LogP contribution in [0.15, 0.2) is 53.8 Å². The Balaban J connectivity index is 2.12. The Morgan fingerprint density at radius 1 is 1.15 bits per heavy atom. The largest absolute Gasteiger partial charge is 0.326 e. The van der Waals surface area contributed by atoms with E-state index < -0.39 is 0 Å². The fraction of sp³-hybridized carbons (Fsp3) is 0.133. The number of nitrogens with zero attached hydrogens (tertiary/aromatic N) is 2. The van der Waals surface area contributed by atoms with E-state index in [4.69, 9.17) is 0 Å². The number of hydrogen-bond donors (Lipinski definition) is 2. The highest BCUT2D eigenvalue weighted by Gasteiger charge is 2.01. The number of nitrogens with one attached hydrogen (secondary N) is 2. The van der Waals surface area contributed by atoms with Crippen molar-refractivity contribution in [2.45, 2.75) is 13.8 Å². The van der Waals surface area contributed by atoms with Gasteiger partial charge in [-0.3, -0.25) is 10.2 Å². The molecular weight excluding hydrogens is 252 g/mol. The second kappa shape index (κ2) is 6.47. The molecule has 0 spiro atoms. The molecule has 0 aliphatic rings. The fourth-order valence-electron chi connectivity index (χ4n) is 1.66. The van der Waals surface area contributed by atoms with E-state index in [1.807, 2.05) is 49.4 Å². The first kappa shape index (κ1) is 13.7. The van der Waals surface area contributed by atoms with E-state index in [0.29, 0.717) is 5.82 Å². The molecule has 1 aromatic heterocycles. The zero-order chi connectivity index (χ0) is 14.4. The van der Waals surface area contributed by atoms with Gasteiger partial charge in [-0.05, 0) is 36.8 Å². The number of anilines is 2. The number of aromatic nitrogens is 1. The van der Waals surface area contributed by atoms with Crippen LogP contribution in [-0.4, -0.2) is 16.6 Å². The first-order valence-corrected chi connectivity index (χ1v) is 6.24. The highest BCUT2D eigenvalue weighted by molar-refractivity contribution is 6.00. The molecule has 1 aromatic carbocycles. The van der Waals surface area contributed by atoms with Gasteiger partial charge in [-0.1, -0.05) is 18.2 Å². The Labute approximate surface area is 117 Å². The van der Waals surface area contributed by atoms with Gasteiger partial charge in [0, 0.05) is 18.8 Å². The molecule has 0 unspecified atom stereocenters. The van der Waals surface area contributed by atoms with Crippen molar-refractivity contribution >= 4 is 23.1 Å². The van der Waals surface area contributed by atoms with Crippen LogP contribution in [0.4, 0.5) is 11.5 Å². The lowest BCUT2D eigenvalue weighted by atomic mass is 10.1. The van der Waals surface area contributed by atoms with Crippen molar-refractivity contribution in [2.24, 2.45) is 5.10 Å². The molecule has 5 heteroatoms. The highest BCUT2D eigenvalue weighted by atomic mass is 16.1. The minimum absolute atomic E-state index is 0.0941. The summed E-state index contributed by atoms with van der Waals surface area (Å²) in [5.41, 5.74) is 5.38. The summed E-state index contributed by atoms with van der Waals surface area (Å²) in [7, 11) is 0. The predicted octanol–water partition coefficient (Wildman–Crippen LogP) is 2.88. The van der Waals surface area contributed by atoms with Crippen molar-refractivity contribution < 1.29 is 4.79 Å². The van der Waals surface area contributed by atoms with Crippen LogP contribution in [0.5, 0.6) is 0 Å². The summed E-state index contributed by atoms with van der Waals surface area (Å²) >= 11 is 0. The molecule has 2 rings (SSSR count). The van der Waals surface area contributed by atoms with E-state index in [-0.39, 0.29) is 5.91 Å². The van der Waals surface area contributed by atoms with Crippen LogP contribution in [-0.2, 0) is 4.79 Å². The van der Waals surface area contributed by atoms with Crippen LogP contribution in [0.2, 0.25) is 0 Å². The maximum atomic E-state index is 11.0. The Bertz CT molecular complexity index is 623. The molecule has 1 heterocycles. The van der Waals surface area contributed by atoms with Gasteiger partial charge in [-0.2, -0.15) is 5.10 Å². The van der Waals surface area contributed by atoms with Crippen LogP contribution in [0.3, 0.4) is 0 Å². The van der Waals surface area contributed by atoms with Crippen molar-refractivity contribution in [1.29, 1.82) is 0 Å². The number of amides is 1. The van der Waals surface area contributed by atoms with Gasteiger partial charge in [0.1, 0.15) is 5.82 Å². The van der Waals surface area contributed by atoms with Gasteiger partial charge in [-0.15, -0.1) is 0 Å². The van der Waals surface area contributed by atoms with Crippen molar-refractivity contribution in [1.82, 2.24) is 4.98 Å². The highest BCUT2D eigenvalue weighted by Crippen LogP contribution is 2.12. The fourth-order valence-corrected chi connectivity index (χ4v) is 1.66. The molecule has 20 heavy (non-hydrogen) atoms. The number of pyridine rings is 1. The zero-order valence-electron chi connectivity index (χ0n) is 11.4. The normalized spacial score (nSPS) is 11.0. The van der Waals surface area contributed by atoms with E-state index in [9.17, 15) is 4.79 Å². The first-order chi connectivity index (χ1) is 9.65. The molecule has 1 amide bonds. The molecule has 0 aliphatic carbocycles. The summed E-state index contributed by atoms with van der Waals surface area (Å²) in [6.07, 6.45) is 1.70. The molecule has 0 bridgehead atoms. The van der Waals surface area contributed by atoms with E-state index >= 15 is 0 Å². The number of carbonyl (C=O) groups is 1. The lowest BCUT2D eigenvalue weighted by Gasteiger charge is -2.06. The average Bonchev–Trinajstić information content (AvgIpc) is 2.45. The van der Waals surface area contributed by atoms with Gasteiger partial charge < -0.3 is 5.32 Å². The average molecular weight is 268 g/mol. The second-order valence-electron chi connectivity index (χ2n) is 4.29. The molecule has 0 saturated heterocycles. The minimum Gasteiger partial charge on any atom is -0.326 e. The van der Waals surface area contributed by atoms with E-state index in [2.05, 4.69) is 20.8 Å². The minimum atomic E-state index is -0.0941. The molecule has 0 fully saturated rings. The number of carbonyl (C=O) groups excluding carboxylic acids is 1. The number of hydrogen-bond acceptors (Lipinski definition) is 4. The first-order valence-electron chi connectivity index (χ1n) is 6.24. The lowest BCUT2D eigenvalue weighted by molar-refractivity contribution is -0.114. The SMILES string of the molecule is CC(=O)Nc1cccc(/C(C)=N/Nc2ccccn2)c1. The van der Waals surface area contributed by atoms with Crippen LogP contribution >= 0.6 is 0 Å². The van der Waals surface area contributed by atoms with Crippen molar-refractivity contribution in [3.05, 3.63) is 54.2 Å². The molecular formula is C15H16N4O. The van der Waals surface area contributed by atoms with Crippen molar-refractivity contribution in [3.8, 4) is 0 Å². The summed E-state index contributed by atoms with van der Waals surface area (Å²) < 4.78 is 0. The standard InChI is InChI=1S/C15H16N4O/c1-11(18-19-15-8-3-4-9-16-15)13-6-5-7-14(10-13)17-12(2)20/h3-10H,1-2H3,(H,16,19)(H,17,20)/b18-11+. The van der Waals surface area contributed by atoms with Gasteiger partial charge in [0.25, 0.3) is 0 Å². The molecule has 5 nitrogen and oxygen atoms in total. The van der Waals surface area contributed by atoms with Crippen LogP contribution in [0, 0.1) is 0 Å². The van der Waals surface area contributed by atoms with Crippen LogP contribution in [0.1, 0.15) is 19.4 Å². The third-order valence-electron chi connectivity index (χ3n) is 2.60. The summed E-state index contributed by atoms with van der Waals surface area (Å²) in [4.78, 5) is 15.2. The Morgan fingerprint density at radius 3 is 2.70 bits per heavy atom. The maximum absolute atomic E-state index is 11.0. The summed E-state index contributed by atoms with van der Waals surface area (Å²) in [5.74, 6) is 0.591. The van der Waals surface area contributed by atoms with Crippen molar-refractivity contribution in [3.63, 3.8) is 0 Å². The smallest absolute Gasteiger partial charge is 0.221 e. The lowest BCUT2D eigenvalue weighted by Crippen LogP contribution is -2.07. The van der Waals surface area contributed by atoms with Gasteiger partial charge in [0.15, 0.2) is 0 Å². The third kappa shape index (κ3) is 3.91. The Kier molecular flexibility index (Phi) is 4.44. The Morgan fingerprint density at radius 2 is 2.00 bits per heavy atom. The molecule has 102 valence electrons. The van der Waals surface area contributed by atoms with Gasteiger partial charge >= 0.3 is 0 Å². The van der Waals surface area contributed by atoms with Crippen LogP contribution in [0.25, 0.3) is 0 Å². The molecule has 0 atom stereocenters. The number of benzene rings is 1. The monoisotopic (exact) mass is 268 g/mol. The zero-order valence-corrected chi connectivity index (χ0v) is 11.4. The second-order valence-corrected chi connectivity index (χ2v) is 4.29. The molecule has 2 aromatic rings. The van der Waals surface area contributed by atoms with Gasteiger partial charge in [0.05, 0.1) is 5.71 Å². The number of hydrazone groups is 1. The van der Waals surface area contributed by atoms with E-state index in [1.54, 1.807) is 6.20 Å². The van der Waals surface area contributed by atoms with Gasteiger partial charge in [0.2, 0.25) is 5.91 Å². The predicted molar refractivity (Wildman–Crippen MR) is 80.8 cm³/mol. The molecule has 2 N–H and O–H groups in total. The molecule has 0 saturated carbocycles. The summed E-state index contributed by atoms with van der Waals surface area (Å²) in [5, 5.41) is 7.02. The third-order valence-corrected chi connectivity index (χ3v) is 2.60. The van der Waals surface area contributed by atoms with Crippen LogP contribution < -0.4 is 10.7 Å². The van der Waals surface area contributed by atoms with Crippen molar-refractivity contribution in [2.75, 3.05) is 10.7 Å². The molecule has 0 radical (unpaired) electrons. The summed E-state index contributed by atoms with van der Waals surface area (Å²) in [6.45, 7) is 3.37. The molecule has 0 aliphatic heterocycles. The Hall–Kier alpha value is -2.69. The topological polar surface area (TPSA) is 66.4 Å². The quantitative estimate of drug-likeness (QED) is 0.662. The van der Waals surface area contributed by atoms with E-state index in [0.717, 1.165) is 17.0 Å². The number of rotatable bonds is 4. The van der Waals surface area contributed by atoms with E-state index in [1.165, 1.54) is 6.92 Å². The maximum Gasteiger partial charge on any atom is 0.221 e. The van der Waals surface area contributed by atoms with Gasteiger partial charge in [-0.25, -0.2) is 4.98 Å². The summed E-state index contributed by atoms with van der Waals surface area (Å²) in [6, 6.07) is 13.1.